The zero-order valence-electron chi connectivity index (χ0n) is 12.4. The largest absolute Gasteiger partial charge is 0.325 e. The molecule has 1 saturated carbocycles. The summed E-state index contributed by atoms with van der Waals surface area (Å²) in [5.41, 5.74) is -0.0816. The summed E-state index contributed by atoms with van der Waals surface area (Å²) in [4.78, 5) is 14.5. The minimum Gasteiger partial charge on any atom is -0.325 e. The van der Waals surface area contributed by atoms with Crippen LogP contribution in [-0.4, -0.2) is 5.91 Å². The van der Waals surface area contributed by atoms with Crippen LogP contribution in [0.2, 0.25) is 0 Å². The maximum Gasteiger partial charge on any atom is 0.244 e. The molecule has 0 saturated heterocycles. The van der Waals surface area contributed by atoms with E-state index in [1.54, 1.807) is 11.8 Å². The van der Waals surface area contributed by atoms with Gasteiger partial charge in [0.05, 0.1) is 6.07 Å². The van der Waals surface area contributed by atoms with Crippen molar-refractivity contribution in [3.63, 3.8) is 0 Å². The Morgan fingerprint density at radius 2 is 1.65 bits per heavy atom. The lowest BCUT2D eigenvalue weighted by atomic mass is 9.69. The molecule has 0 spiro atoms. The van der Waals surface area contributed by atoms with E-state index in [0.717, 1.165) is 26.4 Å². The van der Waals surface area contributed by atoms with E-state index in [-0.39, 0.29) is 5.91 Å². The van der Waals surface area contributed by atoms with E-state index >= 15 is 0 Å². The Bertz CT molecular complexity index is 746. The van der Waals surface area contributed by atoms with Crippen LogP contribution in [0.4, 0.5) is 5.69 Å². The number of hydrogen-bond acceptors (Lipinski definition) is 3. The molecule has 0 heterocycles. The van der Waals surface area contributed by atoms with Crippen molar-refractivity contribution in [3.05, 3.63) is 53.0 Å². The van der Waals surface area contributed by atoms with Gasteiger partial charge in [0.1, 0.15) is 5.41 Å². The molecule has 0 aromatic heterocycles. The second-order valence-electron chi connectivity index (χ2n) is 5.58. The lowest BCUT2D eigenvalue weighted by Crippen LogP contribution is -2.40. The van der Waals surface area contributed by atoms with Crippen LogP contribution in [0.3, 0.4) is 0 Å². The third kappa shape index (κ3) is 3.60. The van der Waals surface area contributed by atoms with Crippen LogP contribution in [-0.2, 0) is 4.79 Å². The van der Waals surface area contributed by atoms with Crippen molar-refractivity contribution in [3.8, 4) is 6.07 Å². The van der Waals surface area contributed by atoms with E-state index < -0.39 is 5.41 Å². The zero-order valence-corrected chi connectivity index (χ0v) is 14.8. The SMILES string of the molecule is N#CC1(C(=O)Nc2ccc(Sc3ccc(Br)cc3)cc2)CCC1. The molecule has 1 aliphatic rings. The van der Waals surface area contributed by atoms with Crippen molar-refractivity contribution < 1.29 is 4.79 Å². The van der Waals surface area contributed by atoms with Gasteiger partial charge in [-0.3, -0.25) is 4.79 Å². The highest BCUT2D eigenvalue weighted by atomic mass is 79.9. The molecule has 3 rings (SSSR count). The highest BCUT2D eigenvalue weighted by Gasteiger charge is 2.44. The first kappa shape index (κ1) is 16.1. The van der Waals surface area contributed by atoms with E-state index in [2.05, 4.69) is 39.4 Å². The molecule has 0 radical (unpaired) electrons. The fraction of sp³-hybridized carbons (Fsp3) is 0.222. The minimum atomic E-state index is -0.815. The summed E-state index contributed by atoms with van der Waals surface area (Å²) >= 11 is 5.09. The van der Waals surface area contributed by atoms with Crippen molar-refractivity contribution in [1.82, 2.24) is 0 Å². The Morgan fingerprint density at radius 1 is 1.09 bits per heavy atom. The van der Waals surface area contributed by atoms with Crippen molar-refractivity contribution in [2.75, 3.05) is 5.32 Å². The number of rotatable bonds is 4. The van der Waals surface area contributed by atoms with Gasteiger partial charge in [0.25, 0.3) is 0 Å². The lowest BCUT2D eigenvalue weighted by molar-refractivity contribution is -0.126. The van der Waals surface area contributed by atoms with Crippen LogP contribution in [0.25, 0.3) is 0 Å². The third-order valence-electron chi connectivity index (χ3n) is 4.02. The van der Waals surface area contributed by atoms with Gasteiger partial charge < -0.3 is 5.32 Å². The maximum absolute atomic E-state index is 12.2. The standard InChI is InChI=1S/C18H15BrN2OS/c19-13-2-6-15(7-3-13)23-16-8-4-14(5-9-16)21-17(22)18(12-20)10-1-11-18/h2-9H,1,10-11H2,(H,21,22). The molecule has 0 aliphatic heterocycles. The first-order chi connectivity index (χ1) is 11.1. The van der Waals surface area contributed by atoms with Gasteiger partial charge in [0, 0.05) is 20.0 Å². The molecule has 0 atom stereocenters. The lowest BCUT2D eigenvalue weighted by Gasteiger charge is -2.33. The molecule has 5 heteroatoms. The number of benzene rings is 2. The summed E-state index contributed by atoms with van der Waals surface area (Å²) < 4.78 is 1.06. The van der Waals surface area contributed by atoms with Crippen LogP contribution >= 0.6 is 27.7 Å². The minimum absolute atomic E-state index is 0.181. The molecule has 3 nitrogen and oxygen atoms in total. The molecule has 1 aliphatic carbocycles. The molecule has 0 bridgehead atoms. The Labute approximate surface area is 148 Å². The molecule has 1 N–H and O–H groups in total. The number of amides is 1. The van der Waals surface area contributed by atoms with Gasteiger partial charge in [-0.1, -0.05) is 27.7 Å². The summed E-state index contributed by atoms with van der Waals surface area (Å²) in [6, 6.07) is 18.0. The number of anilines is 1. The van der Waals surface area contributed by atoms with Gasteiger partial charge in [0.2, 0.25) is 5.91 Å². The maximum atomic E-state index is 12.2. The predicted octanol–water partition coefficient (Wildman–Crippen LogP) is 5.23. The van der Waals surface area contributed by atoms with Crippen molar-refractivity contribution in [1.29, 1.82) is 5.26 Å². The van der Waals surface area contributed by atoms with Crippen molar-refractivity contribution >= 4 is 39.3 Å². The van der Waals surface area contributed by atoms with E-state index in [1.807, 2.05) is 36.4 Å². The number of nitrogens with zero attached hydrogens (tertiary/aromatic N) is 1. The Kier molecular flexibility index (Phi) is 4.74. The monoisotopic (exact) mass is 386 g/mol. The van der Waals surface area contributed by atoms with Gasteiger partial charge in [-0.2, -0.15) is 5.26 Å². The normalized spacial score (nSPS) is 15.3. The first-order valence-corrected chi connectivity index (χ1v) is 8.98. The Balaban J connectivity index is 1.64. The second kappa shape index (κ2) is 6.77. The summed E-state index contributed by atoms with van der Waals surface area (Å²) in [5, 5.41) is 12.1. The smallest absolute Gasteiger partial charge is 0.244 e. The molecule has 2 aromatic carbocycles. The van der Waals surface area contributed by atoms with Gasteiger partial charge in [-0.25, -0.2) is 0 Å². The summed E-state index contributed by atoms with van der Waals surface area (Å²) in [6.45, 7) is 0. The number of nitrogens with one attached hydrogen (secondary N) is 1. The van der Waals surface area contributed by atoms with Gasteiger partial charge in [-0.05, 0) is 67.8 Å². The van der Waals surface area contributed by atoms with Crippen LogP contribution in [0.15, 0.2) is 62.8 Å². The molecule has 1 fully saturated rings. The molecular formula is C18H15BrN2OS. The van der Waals surface area contributed by atoms with Gasteiger partial charge in [-0.15, -0.1) is 0 Å². The second-order valence-corrected chi connectivity index (χ2v) is 7.64. The highest BCUT2D eigenvalue weighted by molar-refractivity contribution is 9.10. The fourth-order valence-electron chi connectivity index (χ4n) is 2.42. The number of carbonyl (C=O) groups is 1. The molecule has 0 unspecified atom stereocenters. The number of halogens is 1. The van der Waals surface area contributed by atoms with Crippen molar-refractivity contribution in [2.45, 2.75) is 29.1 Å². The van der Waals surface area contributed by atoms with E-state index in [1.165, 1.54) is 0 Å². The van der Waals surface area contributed by atoms with Crippen LogP contribution < -0.4 is 5.32 Å². The molecule has 2 aromatic rings. The number of carbonyl (C=O) groups excluding carboxylic acids is 1. The van der Waals surface area contributed by atoms with Crippen LogP contribution in [0.1, 0.15) is 19.3 Å². The van der Waals surface area contributed by atoms with Gasteiger partial charge >= 0.3 is 0 Å². The first-order valence-electron chi connectivity index (χ1n) is 7.37. The Morgan fingerprint density at radius 3 is 2.13 bits per heavy atom. The fourth-order valence-corrected chi connectivity index (χ4v) is 3.50. The van der Waals surface area contributed by atoms with Crippen LogP contribution in [0.5, 0.6) is 0 Å². The molecule has 1 amide bonds. The topological polar surface area (TPSA) is 52.9 Å². The quantitative estimate of drug-likeness (QED) is 0.781. The Hall–Kier alpha value is -1.77. The summed E-state index contributed by atoms with van der Waals surface area (Å²) in [6.07, 6.45) is 2.27. The highest BCUT2D eigenvalue weighted by Crippen LogP contribution is 2.41. The molecule has 116 valence electrons. The van der Waals surface area contributed by atoms with Gasteiger partial charge in [0.15, 0.2) is 0 Å². The zero-order chi connectivity index (χ0) is 16.3. The van der Waals surface area contributed by atoms with E-state index in [9.17, 15) is 10.1 Å². The average Bonchev–Trinajstić information content (AvgIpc) is 2.51. The van der Waals surface area contributed by atoms with Crippen LogP contribution in [0, 0.1) is 16.7 Å². The van der Waals surface area contributed by atoms with E-state index in [0.29, 0.717) is 12.8 Å². The molecular weight excluding hydrogens is 372 g/mol. The van der Waals surface area contributed by atoms with E-state index in [4.69, 9.17) is 0 Å². The summed E-state index contributed by atoms with van der Waals surface area (Å²) in [5.74, 6) is -0.181. The number of nitriles is 1. The molecule has 23 heavy (non-hydrogen) atoms. The third-order valence-corrected chi connectivity index (χ3v) is 5.56. The van der Waals surface area contributed by atoms with Crippen molar-refractivity contribution in [2.24, 2.45) is 5.41 Å². The average molecular weight is 387 g/mol. The predicted molar refractivity (Wildman–Crippen MR) is 95.2 cm³/mol. The summed E-state index contributed by atoms with van der Waals surface area (Å²) in [7, 11) is 0. The number of hydrogen-bond donors (Lipinski definition) is 1.